The summed E-state index contributed by atoms with van der Waals surface area (Å²) in [5.41, 5.74) is 3.12. The summed E-state index contributed by atoms with van der Waals surface area (Å²) in [5.74, 6) is 0. The third kappa shape index (κ3) is 2.85. The van der Waals surface area contributed by atoms with E-state index in [9.17, 15) is 0 Å². The van der Waals surface area contributed by atoms with E-state index in [4.69, 9.17) is 0 Å². The molecule has 0 saturated carbocycles. The summed E-state index contributed by atoms with van der Waals surface area (Å²) in [6, 6.07) is 9.37. The third-order valence-electron chi connectivity index (χ3n) is 3.67. The lowest BCUT2D eigenvalue weighted by Crippen LogP contribution is -2.31. The zero-order chi connectivity index (χ0) is 12.2. The Labute approximate surface area is 100 Å². The standard InChI is InChI=1S/C15H25N/c1-6-12-9-8-10-13(11-12)14(16-5)15(3,4)7-2/h8-11,14,16H,6-7H2,1-5H3. The fraction of sp³-hybridized carbons (Fsp3) is 0.600. The molecular weight excluding hydrogens is 194 g/mol. The van der Waals surface area contributed by atoms with Crippen LogP contribution in [0.4, 0.5) is 0 Å². The van der Waals surface area contributed by atoms with E-state index < -0.39 is 0 Å². The van der Waals surface area contributed by atoms with Crippen molar-refractivity contribution in [3.05, 3.63) is 35.4 Å². The van der Waals surface area contributed by atoms with Crippen molar-refractivity contribution in [3.8, 4) is 0 Å². The monoisotopic (exact) mass is 219 g/mol. The first-order valence-electron chi connectivity index (χ1n) is 6.31. The Hall–Kier alpha value is -0.820. The fourth-order valence-corrected chi connectivity index (χ4v) is 2.21. The van der Waals surface area contributed by atoms with Crippen molar-refractivity contribution < 1.29 is 0 Å². The molecule has 90 valence electrons. The summed E-state index contributed by atoms with van der Waals surface area (Å²) < 4.78 is 0. The first kappa shape index (κ1) is 13.2. The molecule has 0 aromatic heterocycles. The molecule has 0 aliphatic heterocycles. The van der Waals surface area contributed by atoms with Crippen molar-refractivity contribution in [2.45, 2.75) is 46.6 Å². The zero-order valence-electron chi connectivity index (χ0n) is 11.3. The Kier molecular flexibility index (Phi) is 4.55. The molecule has 0 fully saturated rings. The molecule has 1 N–H and O–H groups in total. The van der Waals surface area contributed by atoms with Gasteiger partial charge in [-0.2, -0.15) is 0 Å². The van der Waals surface area contributed by atoms with Crippen molar-refractivity contribution in [1.29, 1.82) is 0 Å². The van der Waals surface area contributed by atoms with Crippen molar-refractivity contribution >= 4 is 0 Å². The lowest BCUT2D eigenvalue weighted by molar-refractivity contribution is 0.245. The van der Waals surface area contributed by atoms with Crippen LogP contribution in [-0.2, 0) is 6.42 Å². The lowest BCUT2D eigenvalue weighted by Gasteiger charge is -2.34. The summed E-state index contributed by atoms with van der Waals surface area (Å²) in [6.07, 6.45) is 2.28. The maximum absolute atomic E-state index is 3.46. The van der Waals surface area contributed by atoms with Gasteiger partial charge in [0.2, 0.25) is 0 Å². The van der Waals surface area contributed by atoms with Crippen LogP contribution in [0.5, 0.6) is 0 Å². The number of benzene rings is 1. The molecule has 0 spiro atoms. The molecule has 0 bridgehead atoms. The average Bonchev–Trinajstić information content (AvgIpc) is 2.30. The molecule has 1 heteroatoms. The molecule has 0 heterocycles. The quantitative estimate of drug-likeness (QED) is 0.791. The maximum Gasteiger partial charge on any atom is 0.0369 e. The van der Waals surface area contributed by atoms with E-state index in [-0.39, 0.29) is 0 Å². The van der Waals surface area contributed by atoms with Crippen LogP contribution in [0, 0.1) is 5.41 Å². The van der Waals surface area contributed by atoms with Crippen LogP contribution in [0.25, 0.3) is 0 Å². The topological polar surface area (TPSA) is 12.0 Å². The molecule has 1 aromatic carbocycles. The largest absolute Gasteiger partial charge is 0.313 e. The van der Waals surface area contributed by atoms with E-state index in [0.29, 0.717) is 11.5 Å². The van der Waals surface area contributed by atoms with Crippen LogP contribution in [0.1, 0.15) is 51.3 Å². The number of hydrogen-bond acceptors (Lipinski definition) is 1. The van der Waals surface area contributed by atoms with E-state index in [1.165, 1.54) is 17.5 Å². The van der Waals surface area contributed by atoms with Crippen LogP contribution >= 0.6 is 0 Å². The smallest absolute Gasteiger partial charge is 0.0369 e. The predicted molar refractivity (Wildman–Crippen MR) is 71.7 cm³/mol. The third-order valence-corrected chi connectivity index (χ3v) is 3.67. The van der Waals surface area contributed by atoms with Gasteiger partial charge in [-0.1, -0.05) is 52.0 Å². The Morgan fingerprint density at radius 1 is 1.25 bits per heavy atom. The highest BCUT2D eigenvalue weighted by Crippen LogP contribution is 2.36. The molecule has 0 amide bonds. The van der Waals surface area contributed by atoms with Crippen LogP contribution in [0.3, 0.4) is 0 Å². The van der Waals surface area contributed by atoms with Gasteiger partial charge in [-0.05, 0) is 36.4 Å². The Bertz CT molecular complexity index is 328. The Morgan fingerprint density at radius 2 is 1.94 bits per heavy atom. The first-order valence-corrected chi connectivity index (χ1v) is 6.31. The van der Waals surface area contributed by atoms with Gasteiger partial charge in [0.25, 0.3) is 0 Å². The van der Waals surface area contributed by atoms with E-state index in [1.54, 1.807) is 0 Å². The average molecular weight is 219 g/mol. The summed E-state index contributed by atoms with van der Waals surface area (Å²) in [4.78, 5) is 0. The highest BCUT2D eigenvalue weighted by atomic mass is 14.9. The molecule has 1 nitrogen and oxygen atoms in total. The van der Waals surface area contributed by atoms with Crippen molar-refractivity contribution in [1.82, 2.24) is 5.32 Å². The number of nitrogens with one attached hydrogen (secondary N) is 1. The van der Waals surface area contributed by atoms with Crippen LogP contribution in [0.2, 0.25) is 0 Å². The van der Waals surface area contributed by atoms with E-state index >= 15 is 0 Å². The van der Waals surface area contributed by atoms with Gasteiger partial charge in [-0.15, -0.1) is 0 Å². The minimum absolute atomic E-state index is 0.293. The lowest BCUT2D eigenvalue weighted by atomic mass is 9.78. The molecule has 0 saturated heterocycles. The zero-order valence-corrected chi connectivity index (χ0v) is 11.3. The maximum atomic E-state index is 3.46. The molecule has 0 aliphatic rings. The van der Waals surface area contributed by atoms with Gasteiger partial charge in [0, 0.05) is 6.04 Å². The Balaban J connectivity index is 3.03. The van der Waals surface area contributed by atoms with Crippen LogP contribution in [-0.4, -0.2) is 7.05 Å². The minimum atomic E-state index is 0.293. The summed E-state index contributed by atoms with van der Waals surface area (Å²) in [5, 5.41) is 3.46. The van der Waals surface area contributed by atoms with Crippen LogP contribution < -0.4 is 5.32 Å². The highest BCUT2D eigenvalue weighted by Gasteiger charge is 2.27. The summed E-state index contributed by atoms with van der Waals surface area (Å²) in [7, 11) is 2.06. The molecule has 1 atom stereocenters. The number of hydrogen-bond donors (Lipinski definition) is 1. The second-order valence-corrected chi connectivity index (χ2v) is 5.16. The van der Waals surface area contributed by atoms with Crippen molar-refractivity contribution in [2.24, 2.45) is 5.41 Å². The van der Waals surface area contributed by atoms with E-state index in [2.05, 4.69) is 64.3 Å². The van der Waals surface area contributed by atoms with Crippen molar-refractivity contribution in [2.75, 3.05) is 7.05 Å². The van der Waals surface area contributed by atoms with Gasteiger partial charge in [0.05, 0.1) is 0 Å². The fourth-order valence-electron chi connectivity index (χ4n) is 2.21. The second kappa shape index (κ2) is 5.49. The molecule has 0 radical (unpaired) electrons. The van der Waals surface area contributed by atoms with E-state index in [1.807, 2.05) is 0 Å². The molecule has 1 rings (SSSR count). The van der Waals surface area contributed by atoms with Gasteiger partial charge in [-0.3, -0.25) is 0 Å². The molecular formula is C15H25N. The Morgan fingerprint density at radius 3 is 2.44 bits per heavy atom. The van der Waals surface area contributed by atoms with Gasteiger partial charge in [-0.25, -0.2) is 0 Å². The van der Waals surface area contributed by atoms with Gasteiger partial charge in [0.1, 0.15) is 0 Å². The summed E-state index contributed by atoms with van der Waals surface area (Å²) in [6.45, 7) is 9.12. The molecule has 1 unspecified atom stereocenters. The van der Waals surface area contributed by atoms with Gasteiger partial charge in [0.15, 0.2) is 0 Å². The summed E-state index contributed by atoms with van der Waals surface area (Å²) >= 11 is 0. The van der Waals surface area contributed by atoms with E-state index in [0.717, 1.165) is 6.42 Å². The second-order valence-electron chi connectivity index (χ2n) is 5.16. The van der Waals surface area contributed by atoms with Gasteiger partial charge < -0.3 is 5.32 Å². The minimum Gasteiger partial charge on any atom is -0.313 e. The van der Waals surface area contributed by atoms with Crippen LogP contribution in [0.15, 0.2) is 24.3 Å². The highest BCUT2D eigenvalue weighted by molar-refractivity contribution is 5.27. The number of rotatable bonds is 5. The molecule has 0 aliphatic carbocycles. The molecule has 16 heavy (non-hydrogen) atoms. The predicted octanol–water partition coefficient (Wildman–Crippen LogP) is 3.95. The molecule has 1 aromatic rings. The normalized spacial score (nSPS) is 13.8. The first-order chi connectivity index (χ1) is 7.55. The SMILES string of the molecule is CCc1cccc(C(NC)C(C)(C)CC)c1. The van der Waals surface area contributed by atoms with Gasteiger partial charge >= 0.3 is 0 Å². The number of aryl methyl sites for hydroxylation is 1. The van der Waals surface area contributed by atoms with Crippen molar-refractivity contribution in [3.63, 3.8) is 0 Å².